The summed E-state index contributed by atoms with van der Waals surface area (Å²) in [6.07, 6.45) is 0. The van der Waals surface area contributed by atoms with Gasteiger partial charge in [0.1, 0.15) is 6.04 Å². The fourth-order valence-electron chi connectivity index (χ4n) is 1.54. The summed E-state index contributed by atoms with van der Waals surface area (Å²) in [6.45, 7) is 5.57. The molecule has 1 aliphatic rings. The second-order valence-corrected chi connectivity index (χ2v) is 7.43. The molecule has 1 fully saturated rings. The minimum absolute atomic E-state index is 0.157. The van der Waals surface area contributed by atoms with E-state index in [0.717, 1.165) is 4.31 Å². The van der Waals surface area contributed by atoms with E-state index in [1.807, 2.05) is 0 Å². The molecule has 0 aromatic carbocycles. The van der Waals surface area contributed by atoms with Crippen molar-refractivity contribution in [3.05, 3.63) is 0 Å². The van der Waals surface area contributed by atoms with Gasteiger partial charge in [-0.2, -0.15) is 4.31 Å². The van der Waals surface area contributed by atoms with E-state index in [1.165, 1.54) is 0 Å². The van der Waals surface area contributed by atoms with Crippen molar-refractivity contribution in [3.63, 3.8) is 0 Å². The predicted octanol–water partition coefficient (Wildman–Crippen LogP) is -0.527. The van der Waals surface area contributed by atoms with Crippen molar-refractivity contribution in [1.29, 1.82) is 0 Å². The molecule has 0 aromatic heterocycles. The molecule has 0 spiro atoms. The number of sulfonamides is 1. The molecule has 16 heavy (non-hydrogen) atoms. The third-order valence-electron chi connectivity index (χ3n) is 2.56. The summed E-state index contributed by atoms with van der Waals surface area (Å²) in [5.74, 6) is -1.11. The van der Waals surface area contributed by atoms with Gasteiger partial charge < -0.3 is 10.4 Å². The van der Waals surface area contributed by atoms with E-state index in [9.17, 15) is 13.2 Å². The first-order valence-electron chi connectivity index (χ1n) is 5.13. The first-order valence-corrected chi connectivity index (χ1v) is 6.57. The zero-order valence-corrected chi connectivity index (χ0v) is 10.5. The van der Waals surface area contributed by atoms with Gasteiger partial charge in [0.05, 0.1) is 4.75 Å². The molecule has 1 saturated heterocycles. The van der Waals surface area contributed by atoms with Crippen LogP contribution in [-0.2, 0) is 14.8 Å². The molecule has 1 atom stereocenters. The summed E-state index contributed by atoms with van der Waals surface area (Å²) < 4.78 is 24.4. The molecule has 0 radical (unpaired) electrons. The lowest BCUT2D eigenvalue weighted by molar-refractivity contribution is -0.141. The SMILES string of the molecule is CC(C)(C)S(=O)(=O)N1CCNCC1C(=O)O. The molecule has 0 bridgehead atoms. The Balaban J connectivity index is 3.05. The van der Waals surface area contributed by atoms with Crippen LogP contribution in [0, 0.1) is 0 Å². The first-order chi connectivity index (χ1) is 7.18. The minimum Gasteiger partial charge on any atom is -0.480 e. The van der Waals surface area contributed by atoms with E-state index in [4.69, 9.17) is 5.11 Å². The molecule has 0 amide bonds. The average molecular weight is 250 g/mol. The van der Waals surface area contributed by atoms with Gasteiger partial charge >= 0.3 is 5.97 Å². The number of nitrogens with one attached hydrogen (secondary N) is 1. The van der Waals surface area contributed by atoms with Crippen molar-refractivity contribution in [1.82, 2.24) is 9.62 Å². The summed E-state index contributed by atoms with van der Waals surface area (Å²) in [5, 5.41) is 11.9. The predicted molar refractivity (Wildman–Crippen MR) is 59.7 cm³/mol. The average Bonchev–Trinajstić information content (AvgIpc) is 2.16. The van der Waals surface area contributed by atoms with Gasteiger partial charge in [0, 0.05) is 19.6 Å². The Labute approximate surface area is 95.7 Å². The number of piperazine rings is 1. The molecule has 1 aliphatic heterocycles. The lowest BCUT2D eigenvalue weighted by atomic mass is 10.2. The van der Waals surface area contributed by atoms with Gasteiger partial charge in [-0.05, 0) is 20.8 Å². The van der Waals surface area contributed by atoms with Crippen LogP contribution in [-0.4, -0.2) is 54.2 Å². The van der Waals surface area contributed by atoms with E-state index in [0.29, 0.717) is 6.54 Å². The van der Waals surface area contributed by atoms with Crippen molar-refractivity contribution in [2.45, 2.75) is 31.6 Å². The molecular formula is C9H18N2O4S. The second-order valence-electron chi connectivity index (χ2n) is 4.79. The Hall–Kier alpha value is -0.660. The van der Waals surface area contributed by atoms with Gasteiger partial charge in [0.25, 0.3) is 0 Å². The van der Waals surface area contributed by atoms with Crippen molar-refractivity contribution >= 4 is 16.0 Å². The normalized spacial score (nSPS) is 24.3. The Morgan fingerprint density at radius 2 is 2.00 bits per heavy atom. The second kappa shape index (κ2) is 4.31. The standard InChI is InChI=1S/C9H18N2O4S/c1-9(2,3)16(14,15)11-5-4-10-6-7(11)8(12)13/h7,10H,4-6H2,1-3H3,(H,12,13). The number of hydrogen-bond donors (Lipinski definition) is 2. The van der Waals surface area contributed by atoms with Crippen LogP contribution in [0.3, 0.4) is 0 Å². The van der Waals surface area contributed by atoms with E-state index in [-0.39, 0.29) is 13.1 Å². The Morgan fingerprint density at radius 1 is 1.44 bits per heavy atom. The molecule has 7 heteroatoms. The van der Waals surface area contributed by atoms with Crippen LogP contribution in [0.2, 0.25) is 0 Å². The number of carboxylic acid groups (broad SMARTS) is 1. The van der Waals surface area contributed by atoms with E-state index < -0.39 is 26.8 Å². The molecule has 2 N–H and O–H groups in total. The molecule has 0 aliphatic carbocycles. The maximum atomic E-state index is 12.2. The van der Waals surface area contributed by atoms with Crippen LogP contribution in [0.25, 0.3) is 0 Å². The van der Waals surface area contributed by atoms with Gasteiger partial charge in [-0.15, -0.1) is 0 Å². The first kappa shape index (κ1) is 13.4. The molecule has 6 nitrogen and oxygen atoms in total. The number of aliphatic carboxylic acids is 1. The van der Waals surface area contributed by atoms with Gasteiger partial charge in [-0.1, -0.05) is 0 Å². The van der Waals surface area contributed by atoms with Crippen LogP contribution >= 0.6 is 0 Å². The summed E-state index contributed by atoms with van der Waals surface area (Å²) >= 11 is 0. The number of nitrogens with zero attached hydrogens (tertiary/aromatic N) is 1. The van der Waals surface area contributed by atoms with Crippen LogP contribution in [0.4, 0.5) is 0 Å². The highest BCUT2D eigenvalue weighted by Crippen LogP contribution is 2.23. The minimum atomic E-state index is -3.58. The fourth-order valence-corrected chi connectivity index (χ4v) is 3.07. The molecule has 1 rings (SSSR count). The van der Waals surface area contributed by atoms with Crippen LogP contribution in [0.1, 0.15) is 20.8 Å². The molecule has 94 valence electrons. The third-order valence-corrected chi connectivity index (χ3v) is 5.16. The summed E-state index contributed by atoms with van der Waals surface area (Å²) in [4.78, 5) is 11.0. The van der Waals surface area contributed by atoms with Crippen LogP contribution < -0.4 is 5.32 Å². The van der Waals surface area contributed by atoms with Gasteiger partial charge in [-0.25, -0.2) is 8.42 Å². The van der Waals surface area contributed by atoms with E-state index in [1.54, 1.807) is 20.8 Å². The quantitative estimate of drug-likeness (QED) is 0.688. The van der Waals surface area contributed by atoms with Crippen molar-refractivity contribution < 1.29 is 18.3 Å². The smallest absolute Gasteiger partial charge is 0.323 e. The molecule has 0 saturated carbocycles. The molecule has 0 aromatic rings. The fraction of sp³-hybridized carbons (Fsp3) is 0.889. The molecular weight excluding hydrogens is 232 g/mol. The maximum absolute atomic E-state index is 12.2. The van der Waals surface area contributed by atoms with Crippen molar-refractivity contribution in [2.24, 2.45) is 0 Å². The number of rotatable bonds is 2. The molecule has 1 heterocycles. The highest BCUT2D eigenvalue weighted by Gasteiger charge is 2.42. The topological polar surface area (TPSA) is 86.7 Å². The van der Waals surface area contributed by atoms with Gasteiger partial charge in [0.2, 0.25) is 10.0 Å². The summed E-state index contributed by atoms with van der Waals surface area (Å²) in [7, 11) is -3.58. The lowest BCUT2D eigenvalue weighted by Gasteiger charge is -2.36. The third kappa shape index (κ3) is 2.36. The monoisotopic (exact) mass is 250 g/mol. The van der Waals surface area contributed by atoms with E-state index in [2.05, 4.69) is 5.32 Å². The van der Waals surface area contributed by atoms with Crippen molar-refractivity contribution in [2.75, 3.05) is 19.6 Å². The van der Waals surface area contributed by atoms with Gasteiger partial charge in [0.15, 0.2) is 0 Å². The number of carbonyl (C=O) groups is 1. The highest BCUT2D eigenvalue weighted by atomic mass is 32.2. The zero-order valence-electron chi connectivity index (χ0n) is 9.73. The van der Waals surface area contributed by atoms with Gasteiger partial charge in [-0.3, -0.25) is 4.79 Å². The lowest BCUT2D eigenvalue weighted by Crippen LogP contribution is -2.59. The Kier molecular flexibility index (Phi) is 3.61. The van der Waals surface area contributed by atoms with E-state index >= 15 is 0 Å². The number of hydrogen-bond acceptors (Lipinski definition) is 4. The zero-order chi connectivity index (χ0) is 12.6. The maximum Gasteiger partial charge on any atom is 0.323 e. The largest absolute Gasteiger partial charge is 0.480 e. The molecule has 1 unspecified atom stereocenters. The van der Waals surface area contributed by atoms with Crippen molar-refractivity contribution in [3.8, 4) is 0 Å². The highest BCUT2D eigenvalue weighted by molar-refractivity contribution is 7.90. The van der Waals surface area contributed by atoms with Crippen LogP contribution in [0.15, 0.2) is 0 Å². The summed E-state index contributed by atoms with van der Waals surface area (Å²) in [6, 6.07) is -1.00. The Bertz CT molecular complexity index is 371. The van der Waals surface area contributed by atoms with Crippen LogP contribution in [0.5, 0.6) is 0 Å². The summed E-state index contributed by atoms with van der Waals surface area (Å²) in [5.41, 5.74) is 0. The number of carboxylic acids is 1. The Morgan fingerprint density at radius 3 is 2.44 bits per heavy atom.